The lowest BCUT2D eigenvalue weighted by molar-refractivity contribution is -0.161. The molecule has 1 aromatic rings. The van der Waals surface area contributed by atoms with Crippen LogP contribution in [-0.2, 0) is 4.79 Å². The fraction of sp³-hybridized carbons (Fsp3) is 0.417. The summed E-state index contributed by atoms with van der Waals surface area (Å²) >= 11 is 11.1. The number of nitrogens with zero attached hydrogens (tertiary/aromatic N) is 1. The highest BCUT2D eigenvalue weighted by Crippen LogP contribution is 2.18. The molecule has 1 aromatic carbocycles. The van der Waals surface area contributed by atoms with Gasteiger partial charge in [-0.25, -0.2) is 0 Å². The molecule has 8 heteroatoms. The highest BCUT2D eigenvalue weighted by molar-refractivity contribution is 6.30. The van der Waals surface area contributed by atoms with Gasteiger partial charge in [0.1, 0.15) is 12.3 Å². The van der Waals surface area contributed by atoms with Crippen LogP contribution in [0.5, 0.6) is 5.75 Å². The molecule has 0 N–H and O–H groups in total. The summed E-state index contributed by atoms with van der Waals surface area (Å²) in [5, 5.41) is 0.405. The maximum atomic E-state index is 12.3. The maximum Gasteiger partial charge on any atom is 0.406 e. The smallest absolute Gasteiger partial charge is 0.406 e. The fourth-order valence-electron chi connectivity index (χ4n) is 1.40. The first-order valence-electron chi connectivity index (χ1n) is 5.60. The van der Waals surface area contributed by atoms with Crippen molar-refractivity contribution in [1.82, 2.24) is 4.90 Å². The molecule has 0 aromatic heterocycles. The first-order chi connectivity index (χ1) is 9.31. The van der Waals surface area contributed by atoms with Crippen LogP contribution in [0.25, 0.3) is 0 Å². The van der Waals surface area contributed by atoms with Gasteiger partial charge < -0.3 is 9.64 Å². The summed E-state index contributed by atoms with van der Waals surface area (Å²) in [6.07, 6.45) is -4.47. The third-order valence-electron chi connectivity index (χ3n) is 2.24. The average Bonchev–Trinajstić information content (AvgIpc) is 2.34. The molecule has 0 saturated carbocycles. The lowest BCUT2D eigenvalue weighted by atomic mass is 10.3. The van der Waals surface area contributed by atoms with E-state index >= 15 is 0 Å². The van der Waals surface area contributed by atoms with Gasteiger partial charge in [-0.05, 0) is 18.2 Å². The lowest BCUT2D eigenvalue weighted by Gasteiger charge is -2.23. The van der Waals surface area contributed by atoms with Gasteiger partial charge in [-0.3, -0.25) is 4.79 Å². The van der Waals surface area contributed by atoms with Crippen LogP contribution in [-0.4, -0.2) is 42.6 Å². The Labute approximate surface area is 124 Å². The van der Waals surface area contributed by atoms with E-state index in [0.717, 1.165) is 0 Å². The zero-order valence-corrected chi connectivity index (χ0v) is 11.8. The second kappa shape index (κ2) is 7.59. The number of halogens is 5. The van der Waals surface area contributed by atoms with Gasteiger partial charge in [-0.2, -0.15) is 13.2 Å². The molecule has 0 atom stereocenters. The predicted molar refractivity (Wildman–Crippen MR) is 70.3 cm³/mol. The standard InChI is InChI=1S/C12H12Cl2F3NO2/c13-4-5-18(8-12(15,16)17)11(19)7-20-10-3-1-2-9(14)6-10/h1-3,6H,4-5,7-8H2. The molecule has 0 bridgehead atoms. The molecule has 0 heterocycles. The van der Waals surface area contributed by atoms with Crippen molar-refractivity contribution in [3.8, 4) is 5.75 Å². The van der Waals surface area contributed by atoms with E-state index < -0.39 is 25.2 Å². The number of hydrogen-bond acceptors (Lipinski definition) is 2. The molecule has 112 valence electrons. The van der Waals surface area contributed by atoms with Crippen LogP contribution in [0.1, 0.15) is 0 Å². The number of hydrogen-bond donors (Lipinski definition) is 0. The minimum absolute atomic E-state index is 0.0843. The van der Waals surface area contributed by atoms with E-state index in [4.69, 9.17) is 27.9 Å². The van der Waals surface area contributed by atoms with E-state index in [2.05, 4.69) is 0 Å². The summed E-state index contributed by atoms with van der Waals surface area (Å²) in [6, 6.07) is 6.23. The summed E-state index contributed by atoms with van der Waals surface area (Å²) < 4.78 is 42.0. The quantitative estimate of drug-likeness (QED) is 0.749. The molecule has 0 radical (unpaired) electrons. The van der Waals surface area contributed by atoms with Crippen molar-refractivity contribution in [2.45, 2.75) is 6.18 Å². The number of carbonyl (C=O) groups excluding carboxylic acids is 1. The van der Waals surface area contributed by atoms with Crippen LogP contribution in [0.3, 0.4) is 0 Å². The third kappa shape index (κ3) is 6.34. The molecule has 20 heavy (non-hydrogen) atoms. The van der Waals surface area contributed by atoms with Crippen LogP contribution in [0, 0.1) is 0 Å². The molecule has 1 amide bonds. The lowest BCUT2D eigenvalue weighted by Crippen LogP contribution is -2.42. The first kappa shape index (κ1) is 16.9. The Morgan fingerprint density at radius 2 is 2.05 bits per heavy atom. The Bertz CT molecular complexity index is 455. The minimum Gasteiger partial charge on any atom is -0.484 e. The molecule has 0 aliphatic rings. The molecule has 0 fully saturated rings. The topological polar surface area (TPSA) is 29.5 Å². The number of alkyl halides is 4. The van der Waals surface area contributed by atoms with Crippen molar-refractivity contribution >= 4 is 29.1 Å². The Hall–Kier alpha value is -1.14. The Balaban J connectivity index is 2.58. The van der Waals surface area contributed by atoms with Crippen molar-refractivity contribution < 1.29 is 22.7 Å². The van der Waals surface area contributed by atoms with Crippen LogP contribution in [0.4, 0.5) is 13.2 Å². The summed E-state index contributed by atoms with van der Waals surface area (Å²) in [4.78, 5) is 12.3. The first-order valence-corrected chi connectivity index (χ1v) is 6.52. The van der Waals surface area contributed by atoms with Gasteiger partial charge in [0.05, 0.1) is 0 Å². The van der Waals surface area contributed by atoms with Gasteiger partial charge >= 0.3 is 6.18 Å². The van der Waals surface area contributed by atoms with E-state index in [-0.39, 0.29) is 12.4 Å². The summed E-state index contributed by atoms with van der Waals surface area (Å²) in [5.41, 5.74) is 0. The monoisotopic (exact) mass is 329 g/mol. The summed E-state index contributed by atoms with van der Waals surface area (Å²) in [5.74, 6) is -0.564. The molecular formula is C12H12Cl2F3NO2. The Morgan fingerprint density at radius 1 is 1.35 bits per heavy atom. The Kier molecular flexibility index (Phi) is 6.42. The largest absolute Gasteiger partial charge is 0.484 e. The highest BCUT2D eigenvalue weighted by Gasteiger charge is 2.32. The number of carbonyl (C=O) groups is 1. The number of benzene rings is 1. The van der Waals surface area contributed by atoms with Crippen molar-refractivity contribution in [1.29, 1.82) is 0 Å². The molecule has 3 nitrogen and oxygen atoms in total. The molecule has 0 unspecified atom stereocenters. The van der Waals surface area contributed by atoms with Crippen LogP contribution >= 0.6 is 23.2 Å². The summed E-state index contributed by atoms with van der Waals surface area (Å²) in [6.45, 7) is -2.05. The fourth-order valence-corrected chi connectivity index (χ4v) is 1.79. The van der Waals surface area contributed by atoms with Gasteiger partial charge in [-0.1, -0.05) is 17.7 Å². The van der Waals surface area contributed by atoms with Gasteiger partial charge in [0.25, 0.3) is 5.91 Å². The van der Waals surface area contributed by atoms with Crippen molar-refractivity contribution in [2.75, 3.05) is 25.6 Å². The van der Waals surface area contributed by atoms with Crippen LogP contribution < -0.4 is 4.74 Å². The highest BCUT2D eigenvalue weighted by atomic mass is 35.5. The number of amides is 1. The molecule has 0 spiro atoms. The van der Waals surface area contributed by atoms with Crippen LogP contribution in [0.2, 0.25) is 5.02 Å². The van der Waals surface area contributed by atoms with E-state index in [0.29, 0.717) is 15.7 Å². The van der Waals surface area contributed by atoms with E-state index in [1.165, 1.54) is 6.07 Å². The second-order valence-electron chi connectivity index (χ2n) is 3.87. The number of rotatable bonds is 6. The van der Waals surface area contributed by atoms with Gasteiger partial charge in [0.2, 0.25) is 0 Å². The third-order valence-corrected chi connectivity index (χ3v) is 2.64. The zero-order valence-electron chi connectivity index (χ0n) is 10.3. The SMILES string of the molecule is O=C(COc1cccc(Cl)c1)N(CCCl)CC(F)(F)F. The number of ether oxygens (including phenoxy) is 1. The molecule has 1 rings (SSSR count). The molecule has 0 aliphatic carbocycles. The average molecular weight is 330 g/mol. The molecule has 0 saturated heterocycles. The van der Waals surface area contributed by atoms with Crippen LogP contribution in [0.15, 0.2) is 24.3 Å². The van der Waals surface area contributed by atoms with Gasteiger partial charge in [0.15, 0.2) is 6.61 Å². The second-order valence-corrected chi connectivity index (χ2v) is 4.68. The minimum atomic E-state index is -4.47. The normalized spacial score (nSPS) is 11.2. The van der Waals surface area contributed by atoms with E-state index in [9.17, 15) is 18.0 Å². The van der Waals surface area contributed by atoms with Gasteiger partial charge in [-0.15, -0.1) is 11.6 Å². The maximum absolute atomic E-state index is 12.3. The van der Waals surface area contributed by atoms with Crippen molar-refractivity contribution in [3.63, 3.8) is 0 Å². The van der Waals surface area contributed by atoms with Gasteiger partial charge in [0, 0.05) is 17.4 Å². The Morgan fingerprint density at radius 3 is 2.60 bits per heavy atom. The van der Waals surface area contributed by atoms with E-state index in [1.54, 1.807) is 18.2 Å². The van der Waals surface area contributed by atoms with Crippen molar-refractivity contribution in [3.05, 3.63) is 29.3 Å². The summed E-state index contributed by atoms with van der Waals surface area (Å²) in [7, 11) is 0. The predicted octanol–water partition coefficient (Wildman–Crippen LogP) is 3.35. The molecular weight excluding hydrogens is 318 g/mol. The zero-order chi connectivity index (χ0) is 15.2. The van der Waals surface area contributed by atoms with Crippen molar-refractivity contribution in [2.24, 2.45) is 0 Å². The molecule has 0 aliphatic heterocycles. The van der Waals surface area contributed by atoms with E-state index in [1.807, 2.05) is 0 Å².